The van der Waals surface area contributed by atoms with E-state index in [4.69, 9.17) is 9.47 Å². The number of carbonyl (C=O) groups is 6. The van der Waals surface area contributed by atoms with Crippen molar-refractivity contribution < 1.29 is 43.3 Å². The molecule has 0 bridgehead atoms. The number of carbonyl (C=O) groups excluding carboxylic acids is 6. The molecule has 4 amide bonds. The van der Waals surface area contributed by atoms with Gasteiger partial charge < -0.3 is 14.6 Å². The highest BCUT2D eigenvalue weighted by atomic mass is 16.6. The summed E-state index contributed by atoms with van der Waals surface area (Å²) in [6, 6.07) is 11.1. The number of benzene rings is 2. The molecule has 2 aromatic rings. The van der Waals surface area contributed by atoms with Crippen molar-refractivity contribution in [1.82, 2.24) is 0 Å². The summed E-state index contributed by atoms with van der Waals surface area (Å²) in [7, 11) is 0. The van der Waals surface area contributed by atoms with Crippen molar-refractivity contribution in [3.63, 3.8) is 0 Å². The van der Waals surface area contributed by atoms with E-state index in [1.54, 1.807) is 0 Å². The van der Waals surface area contributed by atoms with Crippen LogP contribution in [0.25, 0.3) is 0 Å². The van der Waals surface area contributed by atoms with Gasteiger partial charge in [-0.2, -0.15) is 0 Å². The zero-order valence-corrected chi connectivity index (χ0v) is 18.5. The summed E-state index contributed by atoms with van der Waals surface area (Å²) in [5.74, 6) is -3.48. The second kappa shape index (κ2) is 10.2. The third-order valence-electron chi connectivity index (χ3n) is 5.15. The Bertz CT molecular complexity index is 1170. The summed E-state index contributed by atoms with van der Waals surface area (Å²) in [6.07, 6.45) is 3.27. The fourth-order valence-electron chi connectivity index (χ4n) is 3.36. The van der Waals surface area contributed by atoms with Crippen LogP contribution in [-0.4, -0.2) is 60.0 Å². The maximum absolute atomic E-state index is 12.2. The van der Waals surface area contributed by atoms with Crippen LogP contribution < -0.4 is 9.80 Å². The van der Waals surface area contributed by atoms with E-state index in [0.717, 1.165) is 34.1 Å². The molecule has 4 rings (SSSR count). The number of imide groups is 2. The molecule has 0 saturated carbocycles. The topological polar surface area (TPSA) is 148 Å². The number of anilines is 2. The molecule has 0 aromatic heterocycles. The third-order valence-corrected chi connectivity index (χ3v) is 5.15. The molecular formula is C25H18N2O9. The molecular weight excluding hydrogens is 472 g/mol. The number of aliphatic hydroxyl groups excluding tert-OH is 1. The minimum atomic E-state index is -1.30. The minimum absolute atomic E-state index is 0.125. The monoisotopic (exact) mass is 490 g/mol. The first-order valence-electron chi connectivity index (χ1n) is 10.6. The van der Waals surface area contributed by atoms with Crippen LogP contribution in [0.2, 0.25) is 0 Å². The summed E-state index contributed by atoms with van der Waals surface area (Å²) in [4.78, 5) is 73.1. The SMILES string of the molecule is O=C(OCC(O)COC(=O)c1ccc(N2C(=O)C=CC2=O)cc1)c1ccc(N2C(=O)C=CC2=O)cc1. The van der Waals surface area contributed by atoms with Crippen molar-refractivity contribution in [2.45, 2.75) is 6.10 Å². The highest BCUT2D eigenvalue weighted by Crippen LogP contribution is 2.21. The molecule has 2 heterocycles. The van der Waals surface area contributed by atoms with Crippen LogP contribution >= 0.6 is 0 Å². The molecule has 0 radical (unpaired) electrons. The first kappa shape index (κ1) is 24.2. The normalized spacial score (nSPS) is 14.8. The van der Waals surface area contributed by atoms with E-state index in [1.807, 2.05) is 0 Å². The van der Waals surface area contributed by atoms with Gasteiger partial charge in [0.05, 0.1) is 22.5 Å². The maximum Gasteiger partial charge on any atom is 0.338 e. The Balaban J connectivity index is 1.23. The maximum atomic E-state index is 12.2. The lowest BCUT2D eigenvalue weighted by Crippen LogP contribution is -2.29. The fraction of sp³-hybridized carbons (Fsp3) is 0.120. The molecule has 182 valence electrons. The lowest BCUT2D eigenvalue weighted by molar-refractivity contribution is -0.121. The predicted molar refractivity (Wildman–Crippen MR) is 123 cm³/mol. The zero-order chi connectivity index (χ0) is 25.8. The molecule has 0 fully saturated rings. The molecule has 11 heteroatoms. The van der Waals surface area contributed by atoms with Gasteiger partial charge in [-0.25, -0.2) is 19.4 Å². The van der Waals surface area contributed by atoms with Crippen LogP contribution in [0.4, 0.5) is 11.4 Å². The molecule has 2 aliphatic rings. The Morgan fingerprint density at radius 2 is 0.917 bits per heavy atom. The van der Waals surface area contributed by atoms with Gasteiger partial charge in [0.1, 0.15) is 19.3 Å². The molecule has 0 saturated heterocycles. The first-order valence-corrected chi connectivity index (χ1v) is 10.6. The summed E-state index contributed by atoms with van der Waals surface area (Å²) >= 11 is 0. The molecule has 0 aliphatic carbocycles. The van der Waals surface area contributed by atoms with E-state index >= 15 is 0 Å². The molecule has 36 heavy (non-hydrogen) atoms. The molecule has 2 aliphatic heterocycles. The van der Waals surface area contributed by atoms with Crippen LogP contribution in [-0.2, 0) is 28.7 Å². The number of esters is 2. The van der Waals surface area contributed by atoms with Gasteiger partial charge in [0.25, 0.3) is 23.6 Å². The molecule has 11 nitrogen and oxygen atoms in total. The summed E-state index contributed by atoms with van der Waals surface area (Å²) in [5.41, 5.74) is 0.837. The van der Waals surface area contributed by atoms with Crippen LogP contribution in [0.5, 0.6) is 0 Å². The highest BCUT2D eigenvalue weighted by Gasteiger charge is 2.26. The quantitative estimate of drug-likeness (QED) is 0.421. The van der Waals surface area contributed by atoms with Gasteiger partial charge in [-0.3, -0.25) is 19.2 Å². The van der Waals surface area contributed by atoms with Gasteiger partial charge in [-0.1, -0.05) is 0 Å². The second-order valence-corrected chi connectivity index (χ2v) is 7.63. The van der Waals surface area contributed by atoms with E-state index < -0.39 is 54.9 Å². The van der Waals surface area contributed by atoms with Crippen molar-refractivity contribution in [2.24, 2.45) is 0 Å². The number of rotatable bonds is 8. The van der Waals surface area contributed by atoms with Crippen LogP contribution in [0, 0.1) is 0 Å². The second-order valence-electron chi connectivity index (χ2n) is 7.63. The van der Waals surface area contributed by atoms with Gasteiger partial charge in [-0.05, 0) is 48.5 Å². The highest BCUT2D eigenvalue weighted by molar-refractivity contribution is 6.28. The van der Waals surface area contributed by atoms with Crippen LogP contribution in [0.1, 0.15) is 20.7 Å². The number of amides is 4. The molecule has 0 atom stereocenters. The van der Waals surface area contributed by atoms with E-state index in [0.29, 0.717) is 11.4 Å². The average Bonchev–Trinajstić information content (AvgIpc) is 3.40. The van der Waals surface area contributed by atoms with Crippen molar-refractivity contribution in [3.05, 3.63) is 84.0 Å². The van der Waals surface area contributed by atoms with Gasteiger partial charge in [0.2, 0.25) is 0 Å². The number of hydrogen-bond acceptors (Lipinski definition) is 9. The van der Waals surface area contributed by atoms with Gasteiger partial charge >= 0.3 is 11.9 Å². The van der Waals surface area contributed by atoms with E-state index in [9.17, 15) is 33.9 Å². The first-order chi connectivity index (χ1) is 17.2. The molecule has 2 aromatic carbocycles. The summed E-state index contributed by atoms with van der Waals surface area (Å²) in [6.45, 7) is -0.905. The Hall–Kier alpha value is -4.90. The van der Waals surface area contributed by atoms with Crippen molar-refractivity contribution in [3.8, 4) is 0 Å². The molecule has 0 spiro atoms. The van der Waals surface area contributed by atoms with Gasteiger partial charge in [0, 0.05) is 24.3 Å². The lowest BCUT2D eigenvalue weighted by atomic mass is 10.2. The predicted octanol–water partition coefficient (Wildman–Crippen LogP) is 0.920. The lowest BCUT2D eigenvalue weighted by Gasteiger charge is -2.15. The van der Waals surface area contributed by atoms with E-state index in [1.165, 1.54) is 48.5 Å². The standard InChI is InChI=1S/C25H18N2O9/c28-19(13-35-24(33)15-1-5-17(6-2-15)26-20(29)9-10-21(26)30)14-36-25(34)16-3-7-18(8-4-16)27-22(31)11-12-23(27)32/h1-12,19,28H,13-14H2. The smallest absolute Gasteiger partial charge is 0.338 e. The number of aliphatic hydroxyl groups is 1. The Morgan fingerprint density at radius 3 is 1.22 bits per heavy atom. The van der Waals surface area contributed by atoms with Crippen molar-refractivity contribution >= 4 is 46.9 Å². The zero-order valence-electron chi connectivity index (χ0n) is 18.5. The molecule has 1 N–H and O–H groups in total. The largest absolute Gasteiger partial charge is 0.459 e. The molecule has 0 unspecified atom stereocenters. The average molecular weight is 490 g/mol. The van der Waals surface area contributed by atoms with E-state index in [2.05, 4.69) is 0 Å². The van der Waals surface area contributed by atoms with Crippen molar-refractivity contribution in [2.75, 3.05) is 23.0 Å². The fourth-order valence-corrected chi connectivity index (χ4v) is 3.36. The Labute approximate surface area is 203 Å². The minimum Gasteiger partial charge on any atom is -0.459 e. The Morgan fingerprint density at radius 1 is 0.611 bits per heavy atom. The number of hydrogen-bond donors (Lipinski definition) is 1. The van der Waals surface area contributed by atoms with Crippen LogP contribution in [0.15, 0.2) is 72.8 Å². The number of nitrogens with zero attached hydrogens (tertiary/aromatic N) is 2. The van der Waals surface area contributed by atoms with Gasteiger partial charge in [-0.15, -0.1) is 0 Å². The van der Waals surface area contributed by atoms with E-state index in [-0.39, 0.29) is 11.1 Å². The van der Waals surface area contributed by atoms with Crippen LogP contribution in [0.3, 0.4) is 0 Å². The van der Waals surface area contributed by atoms with Crippen molar-refractivity contribution in [1.29, 1.82) is 0 Å². The van der Waals surface area contributed by atoms with Gasteiger partial charge in [0.15, 0.2) is 0 Å². The number of ether oxygens (including phenoxy) is 2. The Kier molecular flexibility index (Phi) is 6.84. The third kappa shape index (κ3) is 5.10. The summed E-state index contributed by atoms with van der Waals surface area (Å²) in [5, 5.41) is 10.0. The summed E-state index contributed by atoms with van der Waals surface area (Å²) < 4.78 is 10.0.